The van der Waals surface area contributed by atoms with Crippen LogP contribution < -0.4 is 15.8 Å². The van der Waals surface area contributed by atoms with Gasteiger partial charge in [-0.2, -0.15) is 5.10 Å². The largest absolute Gasteiger partial charge is 0.383 e. The molecule has 0 saturated heterocycles. The molecule has 1 aromatic rings. The van der Waals surface area contributed by atoms with Crippen LogP contribution in [0.1, 0.15) is 20.3 Å². The van der Waals surface area contributed by atoms with Crippen LogP contribution in [-0.4, -0.2) is 49.7 Å². The van der Waals surface area contributed by atoms with Gasteiger partial charge in [0, 0.05) is 39.4 Å². The normalized spacial score (nSPS) is 10.8. The first kappa shape index (κ1) is 16.7. The summed E-state index contributed by atoms with van der Waals surface area (Å²) in [5.74, 6) is 0. The Balaban J connectivity index is 2.46. The molecule has 0 aliphatic heterocycles. The van der Waals surface area contributed by atoms with Gasteiger partial charge in [-0.15, -0.1) is 0 Å². The summed E-state index contributed by atoms with van der Waals surface area (Å²) in [5, 5.41) is 7.49. The molecule has 0 aliphatic rings. The Morgan fingerprint density at radius 1 is 1.35 bits per heavy atom. The van der Waals surface area contributed by atoms with E-state index >= 15 is 0 Å². The molecule has 1 rings (SSSR count). The molecule has 0 radical (unpaired) electrons. The molecule has 0 unspecified atom stereocenters. The van der Waals surface area contributed by atoms with Gasteiger partial charge in [-0.1, -0.05) is 0 Å². The molecular weight excluding hydrogens is 256 g/mol. The van der Waals surface area contributed by atoms with E-state index in [9.17, 15) is 4.79 Å². The maximum atomic E-state index is 12.0. The Bertz CT molecular complexity index is 429. The predicted molar refractivity (Wildman–Crippen MR) is 81.4 cm³/mol. The van der Waals surface area contributed by atoms with Crippen molar-refractivity contribution in [2.45, 2.75) is 26.8 Å². The Morgan fingerprint density at radius 2 is 2.10 bits per heavy atom. The van der Waals surface area contributed by atoms with Gasteiger partial charge in [-0.3, -0.25) is 4.79 Å². The third-order valence-electron chi connectivity index (χ3n) is 3.19. The maximum absolute atomic E-state index is 12.0. The Morgan fingerprint density at radius 3 is 2.70 bits per heavy atom. The molecule has 0 aromatic carbocycles. The molecule has 6 nitrogen and oxygen atoms in total. The van der Waals surface area contributed by atoms with Gasteiger partial charge in [0.25, 0.3) is 5.56 Å². The summed E-state index contributed by atoms with van der Waals surface area (Å²) in [6.07, 6.45) is 2.65. The van der Waals surface area contributed by atoms with Gasteiger partial charge in [0.05, 0.1) is 18.5 Å². The minimum Gasteiger partial charge on any atom is -0.383 e. The molecule has 1 aromatic heterocycles. The summed E-state index contributed by atoms with van der Waals surface area (Å²) < 4.78 is 6.47. The van der Waals surface area contributed by atoms with Crippen LogP contribution in [0.25, 0.3) is 0 Å². The summed E-state index contributed by atoms with van der Waals surface area (Å²) >= 11 is 0. The number of methoxy groups -OCH3 is 1. The Hall–Kier alpha value is -1.40. The van der Waals surface area contributed by atoms with Crippen LogP contribution in [0.4, 0.5) is 5.69 Å². The summed E-state index contributed by atoms with van der Waals surface area (Å²) in [4.78, 5) is 14.1. The average Bonchev–Trinajstić information content (AvgIpc) is 2.46. The molecule has 1 heterocycles. The Labute approximate surface area is 120 Å². The molecule has 114 valence electrons. The van der Waals surface area contributed by atoms with E-state index in [-0.39, 0.29) is 5.56 Å². The van der Waals surface area contributed by atoms with E-state index in [1.54, 1.807) is 19.4 Å². The second-order valence-corrected chi connectivity index (χ2v) is 4.54. The van der Waals surface area contributed by atoms with Gasteiger partial charge in [-0.05, 0) is 26.8 Å². The number of ether oxygens (including phenoxy) is 1. The molecule has 1 N–H and O–H groups in total. The van der Waals surface area contributed by atoms with Crippen LogP contribution in [-0.2, 0) is 11.3 Å². The molecule has 0 amide bonds. The fraction of sp³-hybridized carbons (Fsp3) is 0.714. The lowest BCUT2D eigenvalue weighted by Crippen LogP contribution is -2.29. The molecule has 0 bridgehead atoms. The number of hydrogen-bond donors (Lipinski definition) is 1. The first-order chi connectivity index (χ1) is 9.72. The number of anilines is 1. The van der Waals surface area contributed by atoms with Gasteiger partial charge in [0.1, 0.15) is 0 Å². The van der Waals surface area contributed by atoms with E-state index in [1.807, 2.05) is 0 Å². The van der Waals surface area contributed by atoms with E-state index in [4.69, 9.17) is 4.74 Å². The number of rotatable bonds is 10. The summed E-state index contributed by atoms with van der Waals surface area (Å²) in [6, 6.07) is 1.67. The van der Waals surface area contributed by atoms with Crippen LogP contribution in [0.5, 0.6) is 0 Å². The van der Waals surface area contributed by atoms with Crippen LogP contribution in [0.2, 0.25) is 0 Å². The number of nitrogens with zero attached hydrogens (tertiary/aromatic N) is 3. The molecule has 0 atom stereocenters. The fourth-order valence-electron chi connectivity index (χ4n) is 2.01. The maximum Gasteiger partial charge on any atom is 0.268 e. The van der Waals surface area contributed by atoms with Crippen LogP contribution in [0, 0.1) is 0 Å². The fourth-order valence-corrected chi connectivity index (χ4v) is 2.01. The molecular formula is C14H26N4O2. The number of hydrogen-bond acceptors (Lipinski definition) is 5. The van der Waals surface area contributed by atoms with Crippen molar-refractivity contribution in [3.8, 4) is 0 Å². The predicted octanol–water partition coefficient (Wildman–Crippen LogP) is 0.716. The standard InChI is InChI=1S/C14H26N4O2/c1-4-17(5-2)13-11-14(19)18(16-12-13)9-6-7-15-8-10-20-3/h11-12,15H,4-10H2,1-3H3. The first-order valence-electron chi connectivity index (χ1n) is 7.24. The van der Waals surface area contributed by atoms with Crippen molar-refractivity contribution in [3.05, 3.63) is 22.6 Å². The highest BCUT2D eigenvalue weighted by molar-refractivity contribution is 5.42. The van der Waals surface area contributed by atoms with Gasteiger partial charge >= 0.3 is 0 Å². The van der Waals surface area contributed by atoms with Gasteiger partial charge in [0.2, 0.25) is 0 Å². The minimum atomic E-state index is -0.0358. The lowest BCUT2D eigenvalue weighted by molar-refractivity contribution is 0.199. The summed E-state index contributed by atoms with van der Waals surface area (Å²) in [5.41, 5.74) is 0.862. The molecule has 0 aliphatic carbocycles. The molecule has 6 heteroatoms. The minimum absolute atomic E-state index is 0.0358. The van der Waals surface area contributed by atoms with E-state index in [1.165, 1.54) is 4.68 Å². The highest BCUT2D eigenvalue weighted by Gasteiger charge is 2.05. The highest BCUT2D eigenvalue weighted by atomic mass is 16.5. The van der Waals surface area contributed by atoms with Crippen LogP contribution in [0.3, 0.4) is 0 Å². The van der Waals surface area contributed by atoms with Crippen molar-refractivity contribution in [2.24, 2.45) is 0 Å². The molecule has 0 fully saturated rings. The lowest BCUT2D eigenvalue weighted by Gasteiger charge is -2.20. The van der Waals surface area contributed by atoms with Crippen LogP contribution in [0.15, 0.2) is 17.1 Å². The topological polar surface area (TPSA) is 59.4 Å². The van der Waals surface area contributed by atoms with E-state index in [0.717, 1.165) is 38.3 Å². The van der Waals surface area contributed by atoms with Crippen molar-refractivity contribution in [3.63, 3.8) is 0 Å². The zero-order valence-corrected chi connectivity index (χ0v) is 12.8. The zero-order valence-electron chi connectivity index (χ0n) is 12.8. The molecule has 20 heavy (non-hydrogen) atoms. The van der Waals surface area contributed by atoms with Crippen molar-refractivity contribution < 1.29 is 4.74 Å². The van der Waals surface area contributed by atoms with E-state index in [0.29, 0.717) is 13.2 Å². The summed E-state index contributed by atoms with van der Waals surface area (Å²) in [6.45, 7) is 8.93. The van der Waals surface area contributed by atoms with Crippen molar-refractivity contribution in [2.75, 3.05) is 44.8 Å². The second-order valence-electron chi connectivity index (χ2n) is 4.54. The van der Waals surface area contributed by atoms with Crippen molar-refractivity contribution >= 4 is 5.69 Å². The lowest BCUT2D eigenvalue weighted by atomic mass is 10.3. The first-order valence-corrected chi connectivity index (χ1v) is 7.24. The molecule has 0 spiro atoms. The van der Waals surface area contributed by atoms with E-state index in [2.05, 4.69) is 29.2 Å². The third-order valence-corrected chi connectivity index (χ3v) is 3.19. The van der Waals surface area contributed by atoms with Gasteiger partial charge in [-0.25, -0.2) is 4.68 Å². The van der Waals surface area contributed by atoms with Crippen molar-refractivity contribution in [1.82, 2.24) is 15.1 Å². The smallest absolute Gasteiger partial charge is 0.268 e. The van der Waals surface area contributed by atoms with E-state index < -0.39 is 0 Å². The van der Waals surface area contributed by atoms with Gasteiger partial charge < -0.3 is 15.0 Å². The Kier molecular flexibility index (Phi) is 7.91. The average molecular weight is 282 g/mol. The van der Waals surface area contributed by atoms with Crippen molar-refractivity contribution in [1.29, 1.82) is 0 Å². The van der Waals surface area contributed by atoms with Gasteiger partial charge in [0.15, 0.2) is 0 Å². The second kappa shape index (κ2) is 9.50. The quantitative estimate of drug-likeness (QED) is 0.641. The molecule has 0 saturated carbocycles. The third kappa shape index (κ3) is 5.30. The number of aryl methyl sites for hydroxylation is 1. The number of nitrogens with one attached hydrogen (secondary N) is 1. The zero-order chi connectivity index (χ0) is 14.8. The number of aromatic nitrogens is 2. The highest BCUT2D eigenvalue weighted by Crippen LogP contribution is 2.08. The van der Waals surface area contributed by atoms with Crippen LogP contribution >= 0.6 is 0 Å². The SMILES string of the molecule is CCN(CC)c1cnn(CCCNCCOC)c(=O)c1. The summed E-state index contributed by atoms with van der Waals surface area (Å²) in [7, 11) is 1.68. The monoisotopic (exact) mass is 282 g/mol.